The zero-order valence-electron chi connectivity index (χ0n) is 10.2. The quantitative estimate of drug-likeness (QED) is 0.461. The summed E-state index contributed by atoms with van der Waals surface area (Å²) in [6.45, 7) is 1.11. The van der Waals surface area contributed by atoms with Crippen molar-refractivity contribution in [2.75, 3.05) is 6.61 Å². The molecule has 7 nitrogen and oxygen atoms in total. The van der Waals surface area contributed by atoms with Crippen LogP contribution >= 0.6 is 10.7 Å². The fourth-order valence-corrected chi connectivity index (χ4v) is 2.57. The summed E-state index contributed by atoms with van der Waals surface area (Å²) in [6.07, 6.45) is -5.21. The third-order valence-corrected chi connectivity index (χ3v) is 3.35. The molecule has 0 atom stereocenters. The Kier molecular flexibility index (Phi) is 4.89. The van der Waals surface area contributed by atoms with Gasteiger partial charge in [0.25, 0.3) is 9.05 Å². The molecule has 12 heteroatoms. The third kappa shape index (κ3) is 4.36. The highest BCUT2D eigenvalue weighted by molar-refractivity contribution is 8.14. The van der Waals surface area contributed by atoms with Gasteiger partial charge in [0.1, 0.15) is 0 Å². The SMILES string of the molecule is CCOc1c([N+](=O)[O-])ccc(OC(F)(F)F)c1S(=O)(=O)Cl. The molecule has 0 aromatic heterocycles. The Morgan fingerprint density at radius 2 is 1.95 bits per heavy atom. The molecule has 0 aliphatic heterocycles. The minimum Gasteiger partial charge on any atom is -0.486 e. The van der Waals surface area contributed by atoms with Crippen molar-refractivity contribution in [1.29, 1.82) is 0 Å². The van der Waals surface area contributed by atoms with Gasteiger partial charge in [0.05, 0.1) is 11.5 Å². The van der Waals surface area contributed by atoms with E-state index < -0.39 is 42.4 Å². The number of halogens is 4. The average molecular weight is 350 g/mol. The predicted molar refractivity (Wildman–Crippen MR) is 64.0 cm³/mol. The molecular formula is C9H7ClF3NO6S. The first-order valence-electron chi connectivity index (χ1n) is 5.12. The lowest BCUT2D eigenvalue weighted by molar-refractivity contribution is -0.386. The third-order valence-electron chi connectivity index (χ3n) is 2.01. The molecular weight excluding hydrogens is 343 g/mol. The summed E-state index contributed by atoms with van der Waals surface area (Å²) < 4.78 is 67.9. The van der Waals surface area contributed by atoms with E-state index in [-0.39, 0.29) is 6.61 Å². The van der Waals surface area contributed by atoms with Crippen molar-refractivity contribution in [2.45, 2.75) is 18.2 Å². The van der Waals surface area contributed by atoms with Gasteiger partial charge in [-0.3, -0.25) is 10.1 Å². The first kappa shape index (κ1) is 17.3. The minimum absolute atomic E-state index is 0.240. The summed E-state index contributed by atoms with van der Waals surface area (Å²) in [4.78, 5) is 8.52. The summed E-state index contributed by atoms with van der Waals surface area (Å²) >= 11 is 0. The zero-order chi connectivity index (χ0) is 16.4. The van der Waals surface area contributed by atoms with Crippen LogP contribution in [0.2, 0.25) is 0 Å². The monoisotopic (exact) mass is 349 g/mol. The fourth-order valence-electron chi connectivity index (χ4n) is 1.40. The molecule has 0 unspecified atom stereocenters. The Bertz CT molecular complexity index is 660. The van der Waals surface area contributed by atoms with E-state index in [1.165, 1.54) is 6.92 Å². The number of hydrogen-bond donors (Lipinski definition) is 0. The van der Waals surface area contributed by atoms with E-state index in [9.17, 15) is 31.7 Å². The summed E-state index contributed by atoms with van der Waals surface area (Å²) in [5.41, 5.74) is -0.856. The van der Waals surface area contributed by atoms with Crippen molar-refractivity contribution in [3.05, 3.63) is 22.2 Å². The molecule has 118 valence electrons. The van der Waals surface area contributed by atoms with Gasteiger partial charge in [-0.15, -0.1) is 13.2 Å². The number of ether oxygens (including phenoxy) is 2. The van der Waals surface area contributed by atoms with Crippen molar-refractivity contribution in [1.82, 2.24) is 0 Å². The van der Waals surface area contributed by atoms with Crippen molar-refractivity contribution in [3.8, 4) is 11.5 Å². The van der Waals surface area contributed by atoms with Crippen LogP contribution in [-0.2, 0) is 9.05 Å². The average Bonchev–Trinajstić information content (AvgIpc) is 2.24. The second-order valence-corrected chi connectivity index (χ2v) is 5.92. The van der Waals surface area contributed by atoms with Crippen molar-refractivity contribution in [3.63, 3.8) is 0 Å². The molecule has 0 fully saturated rings. The molecule has 1 rings (SSSR count). The van der Waals surface area contributed by atoms with Crippen LogP contribution in [0.25, 0.3) is 0 Å². The molecule has 21 heavy (non-hydrogen) atoms. The van der Waals surface area contributed by atoms with E-state index in [0.717, 1.165) is 0 Å². The second-order valence-electron chi connectivity index (χ2n) is 3.42. The van der Waals surface area contributed by atoms with Crippen LogP contribution in [0.1, 0.15) is 6.92 Å². The summed E-state index contributed by atoms with van der Waals surface area (Å²) in [5.74, 6) is -2.13. The fraction of sp³-hybridized carbons (Fsp3) is 0.333. The van der Waals surface area contributed by atoms with Gasteiger partial charge in [0.15, 0.2) is 10.6 Å². The molecule has 0 aliphatic carbocycles. The van der Waals surface area contributed by atoms with Crippen LogP contribution < -0.4 is 9.47 Å². The molecule has 0 heterocycles. The number of alkyl halides is 3. The Morgan fingerprint density at radius 1 is 1.38 bits per heavy atom. The maximum atomic E-state index is 12.3. The van der Waals surface area contributed by atoms with Gasteiger partial charge in [-0.05, 0) is 13.0 Å². The van der Waals surface area contributed by atoms with E-state index in [1.807, 2.05) is 0 Å². The largest absolute Gasteiger partial charge is 0.573 e. The topological polar surface area (TPSA) is 95.7 Å². The van der Waals surface area contributed by atoms with Gasteiger partial charge in [0.2, 0.25) is 5.75 Å². The number of rotatable bonds is 5. The van der Waals surface area contributed by atoms with E-state index >= 15 is 0 Å². The number of nitrogens with zero attached hydrogens (tertiary/aromatic N) is 1. The van der Waals surface area contributed by atoms with Gasteiger partial charge >= 0.3 is 12.0 Å². The van der Waals surface area contributed by atoms with Crippen LogP contribution in [-0.4, -0.2) is 26.3 Å². The first-order chi connectivity index (χ1) is 9.47. The maximum Gasteiger partial charge on any atom is 0.573 e. The van der Waals surface area contributed by atoms with Gasteiger partial charge in [-0.1, -0.05) is 0 Å². The Labute approximate surface area is 120 Å². The Morgan fingerprint density at radius 3 is 2.33 bits per heavy atom. The Hall–Kier alpha value is -1.75. The van der Waals surface area contributed by atoms with Crippen LogP contribution in [0.5, 0.6) is 11.5 Å². The predicted octanol–water partition coefficient (Wildman–Crippen LogP) is 2.82. The molecule has 0 aliphatic rings. The van der Waals surface area contributed by atoms with Gasteiger partial charge in [-0.25, -0.2) is 8.42 Å². The lowest BCUT2D eigenvalue weighted by Gasteiger charge is -2.14. The van der Waals surface area contributed by atoms with E-state index in [4.69, 9.17) is 15.4 Å². The zero-order valence-corrected chi connectivity index (χ0v) is 11.8. The molecule has 1 aromatic carbocycles. The lowest BCUT2D eigenvalue weighted by Crippen LogP contribution is -2.19. The maximum absolute atomic E-state index is 12.3. The minimum atomic E-state index is -5.21. The summed E-state index contributed by atoms with van der Waals surface area (Å²) in [6, 6.07) is 1.10. The highest BCUT2D eigenvalue weighted by Crippen LogP contribution is 2.43. The summed E-state index contributed by atoms with van der Waals surface area (Å²) in [7, 11) is 0.235. The highest BCUT2D eigenvalue weighted by atomic mass is 35.7. The molecule has 1 aromatic rings. The molecule has 0 saturated carbocycles. The van der Waals surface area contributed by atoms with Gasteiger partial charge < -0.3 is 9.47 Å². The first-order valence-corrected chi connectivity index (χ1v) is 7.43. The van der Waals surface area contributed by atoms with Gasteiger partial charge in [0, 0.05) is 16.7 Å². The smallest absolute Gasteiger partial charge is 0.486 e. The number of benzene rings is 1. The van der Waals surface area contributed by atoms with Crippen molar-refractivity contribution < 1.29 is 36.0 Å². The lowest BCUT2D eigenvalue weighted by atomic mass is 10.2. The number of nitro groups is 1. The molecule has 0 radical (unpaired) electrons. The molecule has 0 saturated heterocycles. The molecule has 0 amide bonds. The Balaban J connectivity index is 3.69. The van der Waals surface area contributed by atoms with E-state index in [2.05, 4.69) is 4.74 Å². The second kappa shape index (κ2) is 5.93. The highest BCUT2D eigenvalue weighted by Gasteiger charge is 2.37. The van der Waals surface area contributed by atoms with Crippen LogP contribution in [0.4, 0.5) is 18.9 Å². The molecule has 0 N–H and O–H groups in total. The number of hydrogen-bond acceptors (Lipinski definition) is 6. The summed E-state index contributed by atoms with van der Waals surface area (Å²) in [5, 5.41) is 10.8. The standard InChI is InChI=1S/C9H7ClF3NO6S/c1-2-19-7-5(14(15)16)3-4-6(20-9(11,12)13)8(7)21(10,17)18/h3-4H,2H2,1H3. The van der Waals surface area contributed by atoms with Crippen LogP contribution in [0.3, 0.4) is 0 Å². The van der Waals surface area contributed by atoms with E-state index in [1.54, 1.807) is 0 Å². The van der Waals surface area contributed by atoms with Crippen molar-refractivity contribution in [2.24, 2.45) is 0 Å². The number of nitro benzene ring substituents is 1. The van der Waals surface area contributed by atoms with Crippen LogP contribution in [0.15, 0.2) is 17.0 Å². The normalized spacial score (nSPS) is 12.0. The van der Waals surface area contributed by atoms with Crippen LogP contribution in [0, 0.1) is 10.1 Å². The molecule has 0 bridgehead atoms. The van der Waals surface area contributed by atoms with Gasteiger partial charge in [-0.2, -0.15) is 0 Å². The van der Waals surface area contributed by atoms with Crippen molar-refractivity contribution >= 4 is 25.4 Å². The van der Waals surface area contributed by atoms with E-state index in [0.29, 0.717) is 12.1 Å². The molecule has 0 spiro atoms.